The second-order valence-electron chi connectivity index (χ2n) is 14.6. The number of carbonyl (C=O) groups is 3. The van der Waals surface area contributed by atoms with Crippen molar-refractivity contribution in [2.45, 2.75) is 35.8 Å². The Hall–Kier alpha value is -7.68. The predicted octanol–water partition coefficient (Wildman–Crippen LogP) is 8.02. The molecule has 5 N–H and O–H groups in total. The highest BCUT2D eigenvalue weighted by molar-refractivity contribution is 7.94. The number of aryl methyl sites for hydroxylation is 1. The second kappa shape index (κ2) is 23.2. The van der Waals surface area contributed by atoms with Gasteiger partial charge in [-0.25, -0.2) is 21.8 Å². The molecule has 7 rings (SSSR count). The number of nitrogens with zero attached hydrogens (tertiary/aromatic N) is 1. The number of anilines is 3. The SMILES string of the molecule is CC(=O)Nc1nc(C)c(S(=O)(=O)Nc2ccc(OCCOc3ccccc3CC(=O)O)cc2)s1.O=C(O)Cc1ccccc1OCCOc1ccc(NS(=O)(=O)c2ccc3ccccc3c2)cc1. The van der Waals surface area contributed by atoms with E-state index in [1.807, 2.05) is 24.3 Å². The van der Waals surface area contributed by atoms with Gasteiger partial charge in [-0.2, -0.15) is 0 Å². The average Bonchev–Trinajstić information content (AvgIpc) is 3.68. The number of aromatic nitrogens is 1. The molecule has 0 saturated carbocycles. The first-order chi connectivity index (χ1) is 32.5. The van der Waals surface area contributed by atoms with E-state index in [4.69, 9.17) is 29.2 Å². The summed E-state index contributed by atoms with van der Waals surface area (Å²) in [5, 5.41) is 22.5. The van der Waals surface area contributed by atoms with E-state index < -0.39 is 32.0 Å². The topological polar surface area (TPSA) is 246 Å². The molecule has 68 heavy (non-hydrogen) atoms. The molecular weight excluding hydrogens is 937 g/mol. The Balaban J connectivity index is 0.000000224. The van der Waals surface area contributed by atoms with E-state index in [9.17, 15) is 31.2 Å². The van der Waals surface area contributed by atoms with Crippen molar-refractivity contribution >= 4 is 76.5 Å². The molecule has 17 nitrogen and oxygen atoms in total. The number of carboxylic acid groups (broad SMARTS) is 2. The van der Waals surface area contributed by atoms with Gasteiger partial charge in [-0.3, -0.25) is 23.8 Å². The summed E-state index contributed by atoms with van der Waals surface area (Å²) in [4.78, 5) is 37.3. The number of rotatable bonds is 21. The van der Waals surface area contributed by atoms with Crippen molar-refractivity contribution in [2.24, 2.45) is 0 Å². The van der Waals surface area contributed by atoms with Gasteiger partial charge >= 0.3 is 11.9 Å². The number of amides is 1. The molecule has 1 heterocycles. The maximum Gasteiger partial charge on any atom is 0.307 e. The van der Waals surface area contributed by atoms with Crippen molar-refractivity contribution in [3.63, 3.8) is 0 Å². The number of nitrogens with one attached hydrogen (secondary N) is 3. The van der Waals surface area contributed by atoms with E-state index in [0.29, 0.717) is 45.5 Å². The van der Waals surface area contributed by atoms with Crippen molar-refractivity contribution in [1.29, 1.82) is 0 Å². The Kier molecular flexibility index (Phi) is 16.9. The van der Waals surface area contributed by atoms with E-state index in [1.165, 1.54) is 6.92 Å². The Bertz CT molecular complexity index is 3090. The number of sulfonamides is 2. The van der Waals surface area contributed by atoms with Crippen LogP contribution in [0.1, 0.15) is 23.7 Å². The van der Waals surface area contributed by atoms with Gasteiger partial charge in [-0.05, 0) is 90.5 Å². The number of carbonyl (C=O) groups excluding carboxylic acids is 1. The number of aliphatic carboxylic acids is 2. The van der Waals surface area contributed by atoms with Crippen LogP contribution in [-0.4, -0.2) is 76.3 Å². The molecule has 0 unspecified atom stereocenters. The van der Waals surface area contributed by atoms with Gasteiger partial charge in [0.05, 0.1) is 23.4 Å². The van der Waals surface area contributed by atoms with Crippen LogP contribution in [0.2, 0.25) is 0 Å². The molecule has 0 aliphatic heterocycles. The molecule has 0 radical (unpaired) electrons. The highest BCUT2D eigenvalue weighted by Crippen LogP contribution is 2.30. The molecular formula is C48H46N4O13S3. The van der Waals surface area contributed by atoms with Gasteiger partial charge in [0.15, 0.2) is 9.34 Å². The molecule has 6 aromatic carbocycles. The first-order valence-corrected chi connectivity index (χ1v) is 24.4. The van der Waals surface area contributed by atoms with Crippen LogP contribution in [0.15, 0.2) is 149 Å². The third-order valence-corrected chi connectivity index (χ3v) is 13.8. The number of ether oxygens (including phenoxy) is 4. The van der Waals surface area contributed by atoms with Gasteiger partial charge < -0.3 is 34.5 Å². The normalized spacial score (nSPS) is 11.1. The van der Waals surface area contributed by atoms with E-state index in [2.05, 4.69) is 19.7 Å². The van der Waals surface area contributed by atoms with Crippen molar-refractivity contribution in [3.05, 3.63) is 156 Å². The van der Waals surface area contributed by atoms with Gasteiger partial charge in [0, 0.05) is 29.4 Å². The fraction of sp³-hybridized carbons (Fsp3) is 0.167. The Morgan fingerprint density at radius 1 is 0.574 bits per heavy atom. The Labute approximate surface area is 396 Å². The number of thiazole rings is 1. The minimum Gasteiger partial charge on any atom is -0.490 e. The third kappa shape index (κ3) is 14.7. The molecule has 354 valence electrons. The van der Waals surface area contributed by atoms with E-state index in [1.54, 1.807) is 122 Å². The van der Waals surface area contributed by atoms with Crippen molar-refractivity contribution in [3.8, 4) is 23.0 Å². The van der Waals surface area contributed by atoms with Gasteiger partial charge in [-0.15, -0.1) is 0 Å². The summed E-state index contributed by atoms with van der Waals surface area (Å²) in [6.07, 6.45) is -0.252. The standard InChI is InChI=1S/C26H23NO6S.C22H23N3O7S2/c28-26(29)18-21-7-3-4-8-25(21)33-16-15-32-23-12-10-22(11-13-23)27-34(30,31)24-14-9-19-5-1-2-6-20(19)17-24;1-14-21(33-22(23-14)24-15(2)26)34(29,30)25-17-7-9-18(10-8-17)31-11-12-32-19-6-4-3-5-16(19)13-20(27)28/h1-14,17,27H,15-16,18H2,(H,28,29);3-10,25H,11-13H2,1-2H3,(H,27,28)(H,23,24,26). The summed E-state index contributed by atoms with van der Waals surface area (Å²) >= 11 is 0.868. The average molecular weight is 983 g/mol. The number of benzene rings is 6. The van der Waals surface area contributed by atoms with Crippen LogP contribution in [0.5, 0.6) is 23.0 Å². The fourth-order valence-corrected chi connectivity index (χ4v) is 9.97. The van der Waals surface area contributed by atoms with Crippen LogP contribution in [0.4, 0.5) is 16.5 Å². The van der Waals surface area contributed by atoms with Gasteiger partial charge in [0.1, 0.15) is 49.4 Å². The number of carboxylic acids is 2. The van der Waals surface area contributed by atoms with Crippen molar-refractivity contribution in [2.75, 3.05) is 41.2 Å². The first kappa shape index (κ1) is 49.7. The molecule has 0 fully saturated rings. The smallest absolute Gasteiger partial charge is 0.307 e. The molecule has 1 amide bonds. The monoisotopic (exact) mass is 982 g/mol. The van der Waals surface area contributed by atoms with Crippen LogP contribution >= 0.6 is 11.3 Å². The maximum absolute atomic E-state index is 12.8. The zero-order chi connectivity index (χ0) is 48.7. The van der Waals surface area contributed by atoms with Gasteiger partial charge in [0.25, 0.3) is 20.0 Å². The molecule has 0 spiro atoms. The molecule has 0 aliphatic rings. The summed E-state index contributed by atoms with van der Waals surface area (Å²) in [6, 6.07) is 39.3. The zero-order valence-electron chi connectivity index (χ0n) is 36.6. The highest BCUT2D eigenvalue weighted by atomic mass is 32.2. The lowest BCUT2D eigenvalue weighted by atomic mass is 10.1. The zero-order valence-corrected chi connectivity index (χ0v) is 39.0. The lowest BCUT2D eigenvalue weighted by Gasteiger charge is -2.12. The lowest BCUT2D eigenvalue weighted by molar-refractivity contribution is -0.137. The predicted molar refractivity (Wildman–Crippen MR) is 257 cm³/mol. The minimum atomic E-state index is -3.88. The molecule has 0 atom stereocenters. The first-order valence-electron chi connectivity index (χ1n) is 20.6. The molecule has 20 heteroatoms. The van der Waals surface area contributed by atoms with Crippen LogP contribution in [0.3, 0.4) is 0 Å². The summed E-state index contributed by atoms with van der Waals surface area (Å²) < 4.78 is 78.6. The third-order valence-electron chi connectivity index (χ3n) is 9.37. The fourth-order valence-electron chi connectivity index (χ4n) is 6.35. The molecule has 0 saturated heterocycles. The largest absolute Gasteiger partial charge is 0.490 e. The maximum atomic E-state index is 12.8. The highest BCUT2D eigenvalue weighted by Gasteiger charge is 2.23. The van der Waals surface area contributed by atoms with E-state index in [0.717, 1.165) is 22.1 Å². The van der Waals surface area contributed by atoms with Crippen LogP contribution in [0, 0.1) is 6.92 Å². The number of para-hydroxylation sites is 2. The summed E-state index contributed by atoms with van der Waals surface area (Å²) in [5.41, 5.74) is 2.20. The molecule has 1 aromatic heterocycles. The van der Waals surface area contributed by atoms with Crippen LogP contribution < -0.4 is 33.7 Å². The molecule has 0 aliphatic carbocycles. The molecule has 0 bridgehead atoms. The second-order valence-corrected chi connectivity index (χ2v) is 19.2. The van der Waals surface area contributed by atoms with Crippen molar-refractivity contribution in [1.82, 2.24) is 4.98 Å². The lowest BCUT2D eigenvalue weighted by Crippen LogP contribution is -2.13. The Morgan fingerprint density at radius 3 is 1.53 bits per heavy atom. The minimum absolute atomic E-state index is 0.0110. The van der Waals surface area contributed by atoms with Crippen molar-refractivity contribution < 1.29 is 60.4 Å². The van der Waals surface area contributed by atoms with Gasteiger partial charge in [0.2, 0.25) is 5.91 Å². The van der Waals surface area contributed by atoms with Crippen LogP contribution in [0.25, 0.3) is 10.8 Å². The summed E-state index contributed by atoms with van der Waals surface area (Å²) in [5.74, 6) is -0.157. The molecule has 7 aromatic rings. The number of hydrogen-bond donors (Lipinski definition) is 5. The van der Waals surface area contributed by atoms with Gasteiger partial charge in [-0.1, -0.05) is 78.1 Å². The van der Waals surface area contributed by atoms with Crippen LogP contribution in [-0.2, 0) is 47.3 Å². The number of fused-ring (bicyclic) bond motifs is 1. The van der Waals surface area contributed by atoms with E-state index in [-0.39, 0.29) is 65.1 Å². The van der Waals surface area contributed by atoms with E-state index >= 15 is 0 Å². The number of hydrogen-bond acceptors (Lipinski definition) is 13. The summed E-state index contributed by atoms with van der Waals surface area (Å²) in [6.45, 7) is 3.74. The summed E-state index contributed by atoms with van der Waals surface area (Å²) in [7, 11) is -7.62. The Morgan fingerprint density at radius 2 is 1.03 bits per heavy atom. The quantitative estimate of drug-likeness (QED) is 0.0428.